The minimum atomic E-state index is -0.0930. The van der Waals surface area contributed by atoms with Crippen LogP contribution in [-0.4, -0.2) is 36.2 Å². The molecule has 5 heterocycles. The molecule has 5 aromatic rings. The van der Waals surface area contributed by atoms with Gasteiger partial charge in [0.25, 0.3) is 0 Å². The molecule has 0 aliphatic heterocycles. The van der Waals surface area contributed by atoms with Gasteiger partial charge in [0, 0.05) is 35.1 Å². The quantitative estimate of drug-likeness (QED) is 0.496. The minimum Gasteiger partial charge on any atom is -0.481 e. The van der Waals surface area contributed by atoms with E-state index in [-0.39, 0.29) is 6.04 Å². The van der Waals surface area contributed by atoms with Crippen LogP contribution in [0.1, 0.15) is 24.2 Å². The monoisotopic (exact) mass is 399 g/mol. The third-order valence-corrected chi connectivity index (χ3v) is 5.44. The van der Waals surface area contributed by atoms with Crippen molar-refractivity contribution < 1.29 is 4.74 Å². The molecule has 0 saturated carbocycles. The molecule has 150 valence electrons. The second kappa shape index (κ2) is 6.84. The van der Waals surface area contributed by atoms with E-state index in [0.717, 1.165) is 39.1 Å². The lowest BCUT2D eigenvalue weighted by molar-refractivity contribution is 0.398. The summed E-state index contributed by atoms with van der Waals surface area (Å²) in [6.07, 6.45) is 5.29. The van der Waals surface area contributed by atoms with Crippen molar-refractivity contribution in [3.8, 4) is 17.1 Å². The normalized spacial score (nSPS) is 12.5. The number of pyridine rings is 2. The number of anilines is 1. The van der Waals surface area contributed by atoms with E-state index < -0.39 is 0 Å². The van der Waals surface area contributed by atoms with Gasteiger partial charge in [-0.3, -0.25) is 0 Å². The molecule has 0 amide bonds. The highest BCUT2D eigenvalue weighted by atomic mass is 16.5. The van der Waals surface area contributed by atoms with Crippen molar-refractivity contribution in [1.82, 2.24) is 29.1 Å². The maximum Gasteiger partial charge on any atom is 0.213 e. The summed E-state index contributed by atoms with van der Waals surface area (Å²) in [4.78, 5) is 12.8. The fraction of sp³-hybridized carbons (Fsp3) is 0.182. The molecule has 30 heavy (non-hydrogen) atoms. The lowest BCUT2D eigenvalue weighted by Gasteiger charge is -2.15. The van der Waals surface area contributed by atoms with Crippen LogP contribution in [0, 0.1) is 6.92 Å². The van der Waals surface area contributed by atoms with E-state index in [2.05, 4.69) is 44.6 Å². The van der Waals surface area contributed by atoms with Crippen LogP contribution in [0.15, 0.2) is 55.1 Å². The Morgan fingerprint density at radius 1 is 1.10 bits per heavy atom. The van der Waals surface area contributed by atoms with Crippen LogP contribution in [0.2, 0.25) is 0 Å². The average Bonchev–Trinajstić information content (AvgIpc) is 3.32. The Morgan fingerprint density at radius 3 is 2.80 bits per heavy atom. The number of rotatable bonds is 4. The smallest absolute Gasteiger partial charge is 0.213 e. The van der Waals surface area contributed by atoms with Crippen molar-refractivity contribution in [3.63, 3.8) is 0 Å². The molecular weight excluding hydrogens is 378 g/mol. The topological polar surface area (TPSA) is 96.2 Å². The van der Waals surface area contributed by atoms with Gasteiger partial charge < -0.3 is 14.9 Å². The predicted octanol–water partition coefficient (Wildman–Crippen LogP) is 3.65. The summed E-state index contributed by atoms with van der Waals surface area (Å²) < 4.78 is 9.44. The SMILES string of the molecule is COc1cc(-c2c(C(C)n3nc(C)c4c(N)ncnc43)cc3ccccn23)ccn1. The number of nitrogens with zero attached hydrogens (tertiary/aromatic N) is 6. The molecular formula is C22H21N7O. The molecule has 0 spiro atoms. The Kier molecular flexibility index (Phi) is 4.13. The fourth-order valence-electron chi connectivity index (χ4n) is 4.01. The molecule has 0 aliphatic rings. The zero-order valence-corrected chi connectivity index (χ0v) is 16.9. The third kappa shape index (κ3) is 2.68. The lowest BCUT2D eigenvalue weighted by Crippen LogP contribution is -2.10. The first-order chi connectivity index (χ1) is 14.6. The van der Waals surface area contributed by atoms with Crippen LogP contribution in [0.25, 0.3) is 27.8 Å². The van der Waals surface area contributed by atoms with Crippen LogP contribution in [0.5, 0.6) is 5.88 Å². The van der Waals surface area contributed by atoms with Gasteiger partial charge >= 0.3 is 0 Å². The second-order valence-corrected chi connectivity index (χ2v) is 7.19. The largest absolute Gasteiger partial charge is 0.481 e. The number of aryl methyl sites for hydroxylation is 1. The zero-order chi connectivity index (χ0) is 20.8. The molecule has 8 heteroatoms. The Bertz CT molecular complexity index is 1390. The van der Waals surface area contributed by atoms with Gasteiger partial charge in [-0.1, -0.05) is 6.07 Å². The summed E-state index contributed by atoms with van der Waals surface area (Å²) in [7, 11) is 1.62. The molecule has 0 bridgehead atoms. The predicted molar refractivity (Wildman–Crippen MR) is 115 cm³/mol. The molecule has 1 atom stereocenters. The second-order valence-electron chi connectivity index (χ2n) is 7.19. The molecule has 5 rings (SSSR count). The van der Waals surface area contributed by atoms with E-state index in [1.54, 1.807) is 13.3 Å². The van der Waals surface area contributed by atoms with E-state index in [4.69, 9.17) is 15.6 Å². The van der Waals surface area contributed by atoms with Crippen molar-refractivity contribution in [1.29, 1.82) is 0 Å². The van der Waals surface area contributed by atoms with Crippen LogP contribution in [0.3, 0.4) is 0 Å². The first-order valence-electron chi connectivity index (χ1n) is 9.64. The van der Waals surface area contributed by atoms with Gasteiger partial charge in [0.2, 0.25) is 5.88 Å². The van der Waals surface area contributed by atoms with Crippen molar-refractivity contribution >= 4 is 22.4 Å². The third-order valence-electron chi connectivity index (χ3n) is 5.44. The average molecular weight is 399 g/mol. The van der Waals surface area contributed by atoms with Crippen molar-refractivity contribution in [3.05, 3.63) is 66.4 Å². The maximum atomic E-state index is 6.09. The lowest BCUT2D eigenvalue weighted by atomic mass is 10.0. The number of ether oxygens (including phenoxy) is 1. The van der Waals surface area contributed by atoms with Crippen LogP contribution >= 0.6 is 0 Å². The Balaban J connectivity index is 1.76. The van der Waals surface area contributed by atoms with Crippen LogP contribution < -0.4 is 10.5 Å². The van der Waals surface area contributed by atoms with Gasteiger partial charge in [0.15, 0.2) is 5.65 Å². The van der Waals surface area contributed by atoms with Crippen LogP contribution in [0.4, 0.5) is 5.82 Å². The summed E-state index contributed by atoms with van der Waals surface area (Å²) in [6.45, 7) is 4.04. The van der Waals surface area contributed by atoms with Crippen molar-refractivity contribution in [2.24, 2.45) is 0 Å². The van der Waals surface area contributed by atoms with E-state index >= 15 is 0 Å². The van der Waals surface area contributed by atoms with Gasteiger partial charge in [-0.05, 0) is 38.1 Å². The van der Waals surface area contributed by atoms with Crippen LogP contribution in [-0.2, 0) is 0 Å². The first-order valence-corrected chi connectivity index (χ1v) is 9.64. The summed E-state index contributed by atoms with van der Waals surface area (Å²) in [6, 6.07) is 12.2. The highest BCUT2D eigenvalue weighted by Crippen LogP contribution is 2.36. The number of fused-ring (bicyclic) bond motifs is 2. The summed E-state index contributed by atoms with van der Waals surface area (Å²) >= 11 is 0. The zero-order valence-electron chi connectivity index (χ0n) is 16.9. The molecule has 0 aliphatic carbocycles. The number of hydrogen-bond donors (Lipinski definition) is 1. The molecule has 0 saturated heterocycles. The summed E-state index contributed by atoms with van der Waals surface area (Å²) in [5.41, 5.74) is 11.9. The van der Waals surface area contributed by atoms with Gasteiger partial charge in [0.1, 0.15) is 12.1 Å². The standard InChI is InChI=1S/C22H21N7O/c1-13-19-21(23)25-12-26-22(19)29(27-13)14(2)17-11-16-6-4-5-9-28(16)20(17)15-7-8-24-18(10-15)30-3/h4-12,14H,1-3H3,(H2,23,25,26). The molecule has 0 aromatic carbocycles. The van der Waals surface area contributed by atoms with E-state index in [1.807, 2.05) is 35.9 Å². The number of nitrogens with two attached hydrogens (primary N) is 1. The van der Waals surface area contributed by atoms with E-state index in [9.17, 15) is 0 Å². The van der Waals surface area contributed by atoms with Gasteiger partial charge in [0.05, 0.1) is 29.9 Å². The van der Waals surface area contributed by atoms with Gasteiger partial charge in [-0.2, -0.15) is 5.10 Å². The molecule has 2 N–H and O–H groups in total. The Morgan fingerprint density at radius 2 is 1.97 bits per heavy atom. The van der Waals surface area contributed by atoms with E-state index in [0.29, 0.717) is 11.7 Å². The highest BCUT2D eigenvalue weighted by molar-refractivity contribution is 5.88. The van der Waals surface area contributed by atoms with Crippen molar-refractivity contribution in [2.45, 2.75) is 19.9 Å². The maximum absolute atomic E-state index is 6.09. The Labute approximate surface area is 173 Å². The molecule has 1 unspecified atom stereocenters. The minimum absolute atomic E-state index is 0.0930. The van der Waals surface area contributed by atoms with Crippen molar-refractivity contribution in [2.75, 3.05) is 12.8 Å². The summed E-state index contributed by atoms with van der Waals surface area (Å²) in [5, 5.41) is 5.55. The molecule has 8 nitrogen and oxygen atoms in total. The summed E-state index contributed by atoms with van der Waals surface area (Å²) in [5.74, 6) is 1.01. The molecule has 5 aromatic heterocycles. The van der Waals surface area contributed by atoms with E-state index in [1.165, 1.54) is 6.33 Å². The van der Waals surface area contributed by atoms with Gasteiger partial charge in [-0.15, -0.1) is 0 Å². The van der Waals surface area contributed by atoms with Gasteiger partial charge in [-0.25, -0.2) is 19.6 Å². The molecule has 0 radical (unpaired) electrons. The number of nitrogen functional groups attached to an aromatic ring is 1. The first kappa shape index (κ1) is 18.1. The number of hydrogen-bond acceptors (Lipinski definition) is 6. The highest BCUT2D eigenvalue weighted by Gasteiger charge is 2.23. The molecule has 0 fully saturated rings. The number of methoxy groups -OCH3 is 1. The fourth-order valence-corrected chi connectivity index (χ4v) is 4.01. The number of aromatic nitrogens is 6. The Hall–Kier alpha value is -3.94.